The van der Waals surface area contributed by atoms with Crippen molar-refractivity contribution in [2.75, 3.05) is 0 Å². The minimum absolute atomic E-state index is 0.408. The highest BCUT2D eigenvalue weighted by Crippen LogP contribution is 2.49. The van der Waals surface area contributed by atoms with Gasteiger partial charge in [-0.1, -0.05) is 55.8 Å². The fraction of sp³-hybridized carbons (Fsp3) is 0.192. The molecule has 166 valence electrons. The van der Waals surface area contributed by atoms with Crippen LogP contribution in [0.15, 0.2) is 72.1 Å². The first-order valence-electron chi connectivity index (χ1n) is 10.3. The summed E-state index contributed by atoms with van der Waals surface area (Å²) >= 11 is 7.60. The Balaban J connectivity index is 1.84. The SMILES string of the molecule is CC(C)(c1cccc(Oc2ccccc2)n1)C(C)(C(=O)OC#N)c1scc2cc(Cl)ccc12. The van der Waals surface area contributed by atoms with E-state index >= 15 is 0 Å². The van der Waals surface area contributed by atoms with Crippen molar-refractivity contribution >= 4 is 39.7 Å². The van der Waals surface area contributed by atoms with E-state index in [0.29, 0.717) is 22.3 Å². The number of hydrogen-bond acceptors (Lipinski definition) is 6. The summed E-state index contributed by atoms with van der Waals surface area (Å²) in [6.45, 7) is 5.63. The molecular formula is C26H21ClN2O3S. The Kier molecular flexibility index (Phi) is 6.11. The number of nitriles is 1. The summed E-state index contributed by atoms with van der Waals surface area (Å²) in [5.74, 6) is 0.420. The Hall–Kier alpha value is -3.40. The number of rotatable bonds is 6. The lowest BCUT2D eigenvalue weighted by Gasteiger charge is -2.40. The van der Waals surface area contributed by atoms with Crippen molar-refractivity contribution in [3.05, 3.63) is 87.7 Å². The summed E-state index contributed by atoms with van der Waals surface area (Å²) in [4.78, 5) is 18.8. The fourth-order valence-electron chi connectivity index (χ4n) is 3.87. The largest absolute Gasteiger partial charge is 0.439 e. The lowest BCUT2D eigenvalue weighted by molar-refractivity contribution is -0.145. The van der Waals surface area contributed by atoms with Gasteiger partial charge in [-0.15, -0.1) is 16.6 Å². The maximum absolute atomic E-state index is 13.3. The molecule has 2 aromatic heterocycles. The van der Waals surface area contributed by atoms with Crippen molar-refractivity contribution in [1.29, 1.82) is 5.26 Å². The first-order chi connectivity index (χ1) is 15.8. The van der Waals surface area contributed by atoms with Crippen molar-refractivity contribution in [3.8, 4) is 17.9 Å². The average Bonchev–Trinajstić information content (AvgIpc) is 3.22. The number of halogens is 1. The quantitative estimate of drug-likeness (QED) is 0.221. The van der Waals surface area contributed by atoms with Gasteiger partial charge in [0.1, 0.15) is 11.2 Å². The number of benzene rings is 2. The van der Waals surface area contributed by atoms with Crippen molar-refractivity contribution < 1.29 is 14.3 Å². The first-order valence-corrected chi connectivity index (χ1v) is 11.5. The second kappa shape index (κ2) is 8.86. The highest BCUT2D eigenvalue weighted by Gasteiger charge is 2.53. The molecule has 0 saturated heterocycles. The van der Waals surface area contributed by atoms with Gasteiger partial charge in [-0.05, 0) is 53.4 Å². The lowest BCUT2D eigenvalue weighted by atomic mass is 9.63. The van der Waals surface area contributed by atoms with Crippen LogP contribution in [-0.4, -0.2) is 11.0 Å². The van der Waals surface area contributed by atoms with E-state index in [4.69, 9.17) is 31.3 Å². The Bertz CT molecular complexity index is 1360. The number of para-hydroxylation sites is 1. The zero-order valence-corrected chi connectivity index (χ0v) is 19.9. The van der Waals surface area contributed by atoms with Gasteiger partial charge >= 0.3 is 5.97 Å². The van der Waals surface area contributed by atoms with Gasteiger partial charge in [0, 0.05) is 21.4 Å². The Morgan fingerprint density at radius 3 is 2.55 bits per heavy atom. The normalized spacial score (nSPS) is 13.2. The number of esters is 1. The molecule has 0 aliphatic rings. The molecule has 33 heavy (non-hydrogen) atoms. The molecule has 0 fully saturated rings. The van der Waals surface area contributed by atoms with E-state index in [0.717, 1.165) is 15.6 Å². The number of fused-ring (bicyclic) bond motifs is 1. The van der Waals surface area contributed by atoms with E-state index in [2.05, 4.69) is 0 Å². The topological polar surface area (TPSA) is 72.2 Å². The minimum atomic E-state index is -1.22. The second-order valence-electron chi connectivity index (χ2n) is 8.30. The maximum Gasteiger partial charge on any atom is 0.333 e. The standard InChI is InChI=1S/C26H21ClN2O3S/c1-25(2,21-10-7-11-22(29-21)32-19-8-5-4-6-9-19)26(3,24(30)31-16-28)23-20-13-12-18(27)14-17(20)15-33-23/h4-15H,1-3H3. The molecule has 0 N–H and O–H groups in total. The Morgan fingerprint density at radius 2 is 1.82 bits per heavy atom. The third-order valence-electron chi connectivity index (χ3n) is 6.14. The van der Waals surface area contributed by atoms with Gasteiger partial charge in [0.05, 0.1) is 5.69 Å². The number of hydrogen-bond donors (Lipinski definition) is 0. The van der Waals surface area contributed by atoms with Crippen LogP contribution >= 0.6 is 22.9 Å². The van der Waals surface area contributed by atoms with Crippen LogP contribution in [0.3, 0.4) is 0 Å². The Morgan fingerprint density at radius 1 is 1.06 bits per heavy atom. The smallest absolute Gasteiger partial charge is 0.333 e. The van der Waals surface area contributed by atoms with Crippen molar-refractivity contribution in [3.63, 3.8) is 0 Å². The molecule has 0 bridgehead atoms. The Labute approximate surface area is 201 Å². The lowest BCUT2D eigenvalue weighted by Crippen LogP contribution is -2.49. The van der Waals surface area contributed by atoms with E-state index in [9.17, 15) is 4.79 Å². The summed E-state index contributed by atoms with van der Waals surface area (Å²) in [5.41, 5.74) is -1.46. The molecule has 0 radical (unpaired) electrons. The minimum Gasteiger partial charge on any atom is -0.439 e. The summed E-state index contributed by atoms with van der Waals surface area (Å²) < 4.78 is 10.8. The zero-order valence-electron chi connectivity index (χ0n) is 18.3. The molecule has 4 rings (SSSR count). The highest BCUT2D eigenvalue weighted by molar-refractivity contribution is 7.12. The molecule has 5 nitrogen and oxygen atoms in total. The molecule has 4 aromatic rings. The van der Waals surface area contributed by atoms with Crippen LogP contribution in [0.5, 0.6) is 11.6 Å². The third kappa shape index (κ3) is 4.06. The summed E-state index contributed by atoms with van der Waals surface area (Å²) in [6, 6.07) is 20.3. The zero-order chi connectivity index (χ0) is 23.6. The van der Waals surface area contributed by atoms with Crippen LogP contribution < -0.4 is 4.74 Å². The van der Waals surface area contributed by atoms with Gasteiger partial charge in [0.25, 0.3) is 6.26 Å². The van der Waals surface area contributed by atoms with Crippen LogP contribution in [-0.2, 0) is 20.4 Å². The number of pyridine rings is 1. The summed E-state index contributed by atoms with van der Waals surface area (Å²) in [5, 5.41) is 13.5. The number of carbonyl (C=O) groups is 1. The number of nitrogens with zero attached hydrogens (tertiary/aromatic N) is 2. The van der Waals surface area contributed by atoms with Crippen LogP contribution in [0.25, 0.3) is 10.8 Å². The first kappa shape index (κ1) is 22.8. The van der Waals surface area contributed by atoms with Gasteiger partial charge in [0.15, 0.2) is 0 Å². The van der Waals surface area contributed by atoms with Crippen molar-refractivity contribution in [2.24, 2.45) is 0 Å². The monoisotopic (exact) mass is 476 g/mol. The molecule has 0 amide bonds. The second-order valence-corrected chi connectivity index (χ2v) is 9.62. The van der Waals surface area contributed by atoms with E-state index in [-0.39, 0.29) is 0 Å². The van der Waals surface area contributed by atoms with Crippen LogP contribution in [0.1, 0.15) is 31.3 Å². The molecule has 0 aliphatic carbocycles. The molecule has 7 heteroatoms. The highest BCUT2D eigenvalue weighted by atomic mass is 35.5. The van der Waals surface area contributed by atoms with Crippen molar-refractivity contribution in [2.45, 2.75) is 31.6 Å². The number of carbonyl (C=O) groups excluding carboxylic acids is 1. The van der Waals surface area contributed by atoms with E-state index in [1.54, 1.807) is 25.3 Å². The van der Waals surface area contributed by atoms with Crippen LogP contribution in [0.2, 0.25) is 5.02 Å². The van der Waals surface area contributed by atoms with Gasteiger partial charge in [-0.25, -0.2) is 9.78 Å². The number of thiophene rings is 1. The molecule has 1 atom stereocenters. The van der Waals surface area contributed by atoms with Crippen molar-refractivity contribution in [1.82, 2.24) is 4.98 Å². The van der Waals surface area contributed by atoms with Gasteiger partial charge in [0.2, 0.25) is 5.88 Å². The van der Waals surface area contributed by atoms with E-state index in [1.807, 2.05) is 73.8 Å². The molecule has 0 spiro atoms. The predicted octanol–water partition coefficient (Wildman–Crippen LogP) is 7.00. The molecule has 1 unspecified atom stereocenters. The maximum atomic E-state index is 13.3. The summed E-state index contributed by atoms with van der Waals surface area (Å²) in [6.07, 6.45) is 1.55. The van der Waals surface area contributed by atoms with Crippen LogP contribution in [0, 0.1) is 11.5 Å². The summed E-state index contributed by atoms with van der Waals surface area (Å²) in [7, 11) is 0. The fourth-order valence-corrected chi connectivity index (χ4v) is 5.38. The van der Waals surface area contributed by atoms with Gasteiger partial charge in [-0.2, -0.15) is 0 Å². The van der Waals surface area contributed by atoms with E-state index < -0.39 is 16.8 Å². The number of ether oxygens (including phenoxy) is 2. The number of aromatic nitrogens is 1. The third-order valence-corrected chi connectivity index (χ3v) is 7.61. The molecular weight excluding hydrogens is 456 g/mol. The molecule has 0 aliphatic heterocycles. The average molecular weight is 477 g/mol. The molecule has 0 saturated carbocycles. The van der Waals surface area contributed by atoms with E-state index in [1.165, 1.54) is 11.3 Å². The predicted molar refractivity (Wildman–Crippen MR) is 130 cm³/mol. The van der Waals surface area contributed by atoms with Gasteiger partial charge in [-0.3, -0.25) is 0 Å². The molecule has 2 heterocycles. The van der Waals surface area contributed by atoms with Crippen LogP contribution in [0.4, 0.5) is 0 Å². The van der Waals surface area contributed by atoms with Gasteiger partial charge < -0.3 is 9.47 Å². The molecule has 2 aromatic carbocycles.